The lowest BCUT2D eigenvalue weighted by Gasteiger charge is -1.94. The standard InChI is InChI=1S/C12H14N2OS/c1-8-9(2)14(3)12(13-8)7-10(15)11-5-4-6-16-11/h4-6H,7H2,1-3H3/p+1. The number of hydrogen-bond acceptors (Lipinski definition) is 2. The number of rotatable bonds is 3. The molecule has 0 aliphatic heterocycles. The van der Waals surface area contributed by atoms with Crippen LogP contribution in [0.1, 0.15) is 26.9 Å². The lowest BCUT2D eigenvalue weighted by atomic mass is 10.2. The molecule has 0 saturated heterocycles. The molecule has 1 N–H and O–H groups in total. The van der Waals surface area contributed by atoms with E-state index in [1.165, 1.54) is 17.0 Å². The zero-order valence-electron chi connectivity index (χ0n) is 9.70. The average molecular weight is 235 g/mol. The summed E-state index contributed by atoms with van der Waals surface area (Å²) in [6.45, 7) is 4.07. The van der Waals surface area contributed by atoms with E-state index in [-0.39, 0.29) is 5.78 Å². The van der Waals surface area contributed by atoms with Crippen LogP contribution < -0.4 is 4.57 Å². The Labute approximate surface area is 98.8 Å². The summed E-state index contributed by atoms with van der Waals surface area (Å²) in [5.74, 6) is 1.14. The molecule has 0 unspecified atom stereocenters. The van der Waals surface area contributed by atoms with Crippen LogP contribution >= 0.6 is 11.3 Å². The van der Waals surface area contributed by atoms with E-state index in [2.05, 4.69) is 4.98 Å². The van der Waals surface area contributed by atoms with Crippen LogP contribution in [0.3, 0.4) is 0 Å². The molecule has 0 atom stereocenters. The molecule has 2 rings (SSSR count). The van der Waals surface area contributed by atoms with Crippen molar-refractivity contribution < 1.29 is 9.36 Å². The van der Waals surface area contributed by atoms with E-state index in [0.29, 0.717) is 6.42 Å². The molecule has 3 nitrogen and oxygen atoms in total. The van der Waals surface area contributed by atoms with Gasteiger partial charge in [-0.3, -0.25) is 4.79 Å². The fourth-order valence-corrected chi connectivity index (χ4v) is 2.35. The monoisotopic (exact) mass is 235 g/mol. The number of thiophene rings is 1. The normalized spacial score (nSPS) is 10.7. The molecule has 2 heterocycles. The Morgan fingerprint density at radius 3 is 2.75 bits per heavy atom. The quantitative estimate of drug-likeness (QED) is 0.640. The first-order valence-corrected chi connectivity index (χ1v) is 6.08. The number of H-pyrrole nitrogens is 1. The second-order valence-electron chi connectivity index (χ2n) is 3.92. The minimum atomic E-state index is 0.173. The van der Waals surface area contributed by atoms with Crippen molar-refractivity contribution in [2.45, 2.75) is 20.3 Å². The lowest BCUT2D eigenvalue weighted by molar-refractivity contribution is -0.683. The highest BCUT2D eigenvalue weighted by molar-refractivity contribution is 7.12. The summed E-state index contributed by atoms with van der Waals surface area (Å²) in [5.41, 5.74) is 2.30. The first-order chi connectivity index (χ1) is 7.59. The number of carbonyl (C=O) groups is 1. The summed E-state index contributed by atoms with van der Waals surface area (Å²) in [4.78, 5) is 16.0. The van der Waals surface area contributed by atoms with Crippen LogP contribution in [0.15, 0.2) is 17.5 Å². The fraction of sp³-hybridized carbons (Fsp3) is 0.333. The predicted octanol–water partition coefficient (Wildman–Crippen LogP) is 1.94. The number of nitrogens with zero attached hydrogens (tertiary/aromatic N) is 1. The van der Waals surface area contributed by atoms with E-state index in [0.717, 1.165) is 16.4 Å². The third-order valence-electron chi connectivity index (χ3n) is 2.91. The molecule has 0 bridgehead atoms. The number of ketones is 1. The van der Waals surface area contributed by atoms with Gasteiger partial charge in [0.05, 0.1) is 11.9 Å². The number of aromatic amines is 1. The first kappa shape index (κ1) is 11.1. The summed E-state index contributed by atoms with van der Waals surface area (Å²) in [7, 11) is 1.98. The van der Waals surface area contributed by atoms with Crippen molar-refractivity contribution in [1.82, 2.24) is 4.98 Å². The van der Waals surface area contributed by atoms with E-state index in [1.54, 1.807) is 0 Å². The molecule has 4 heteroatoms. The van der Waals surface area contributed by atoms with Crippen molar-refractivity contribution in [3.63, 3.8) is 0 Å². The van der Waals surface area contributed by atoms with Gasteiger partial charge < -0.3 is 0 Å². The number of imidazole rings is 1. The predicted molar refractivity (Wildman–Crippen MR) is 63.8 cm³/mol. The van der Waals surface area contributed by atoms with Crippen LogP contribution in [-0.4, -0.2) is 10.8 Å². The van der Waals surface area contributed by atoms with Gasteiger partial charge in [-0.05, 0) is 11.4 Å². The molecule has 2 aromatic heterocycles. The molecule has 0 aliphatic carbocycles. The molecular weight excluding hydrogens is 220 g/mol. The molecule has 0 spiro atoms. The number of aryl methyl sites for hydroxylation is 1. The third kappa shape index (κ3) is 1.93. The maximum absolute atomic E-state index is 11.9. The summed E-state index contributed by atoms with van der Waals surface area (Å²) in [5, 5.41) is 1.93. The molecule has 0 saturated carbocycles. The molecule has 0 fully saturated rings. The molecule has 84 valence electrons. The SMILES string of the molecule is Cc1[nH]c(CC(=O)c2cccs2)[n+](C)c1C. The van der Waals surface area contributed by atoms with Crippen molar-refractivity contribution in [2.75, 3.05) is 0 Å². The average Bonchev–Trinajstić information content (AvgIpc) is 2.85. The van der Waals surface area contributed by atoms with Gasteiger partial charge in [-0.1, -0.05) is 6.07 Å². The highest BCUT2D eigenvalue weighted by Gasteiger charge is 2.19. The smallest absolute Gasteiger partial charge is 0.262 e. The Morgan fingerprint density at radius 1 is 1.50 bits per heavy atom. The van der Waals surface area contributed by atoms with Gasteiger partial charge in [0.25, 0.3) is 5.82 Å². The van der Waals surface area contributed by atoms with Crippen LogP contribution in [0.4, 0.5) is 0 Å². The highest BCUT2D eigenvalue weighted by atomic mass is 32.1. The topological polar surface area (TPSA) is 36.7 Å². The van der Waals surface area contributed by atoms with E-state index < -0.39 is 0 Å². The molecule has 2 aromatic rings. The first-order valence-electron chi connectivity index (χ1n) is 5.20. The van der Waals surface area contributed by atoms with Gasteiger partial charge in [0, 0.05) is 13.8 Å². The van der Waals surface area contributed by atoms with Crippen LogP contribution in [0.5, 0.6) is 0 Å². The van der Waals surface area contributed by atoms with E-state index in [4.69, 9.17) is 0 Å². The second-order valence-corrected chi connectivity index (χ2v) is 4.87. The van der Waals surface area contributed by atoms with Gasteiger partial charge in [-0.25, -0.2) is 9.55 Å². The molecule has 0 amide bonds. The fourth-order valence-electron chi connectivity index (χ4n) is 1.68. The minimum absolute atomic E-state index is 0.173. The molecular formula is C12H15N2OS+. The maximum Gasteiger partial charge on any atom is 0.262 e. The molecule has 16 heavy (non-hydrogen) atoms. The maximum atomic E-state index is 11.9. The van der Waals surface area contributed by atoms with E-state index >= 15 is 0 Å². The largest absolute Gasteiger partial charge is 0.293 e. The van der Waals surface area contributed by atoms with Gasteiger partial charge in [0.2, 0.25) is 0 Å². The van der Waals surface area contributed by atoms with Crippen molar-refractivity contribution in [3.05, 3.63) is 39.6 Å². The van der Waals surface area contributed by atoms with Crippen molar-refractivity contribution >= 4 is 17.1 Å². The number of nitrogens with one attached hydrogen (secondary N) is 1. The lowest BCUT2D eigenvalue weighted by Crippen LogP contribution is -2.35. The Morgan fingerprint density at radius 2 is 2.25 bits per heavy atom. The Balaban J connectivity index is 2.22. The van der Waals surface area contributed by atoms with Crippen LogP contribution in [-0.2, 0) is 13.5 Å². The van der Waals surface area contributed by atoms with Crippen molar-refractivity contribution in [3.8, 4) is 0 Å². The summed E-state index contributed by atoms with van der Waals surface area (Å²) in [6.07, 6.45) is 0.436. The van der Waals surface area contributed by atoms with Crippen molar-refractivity contribution in [2.24, 2.45) is 7.05 Å². The van der Waals surface area contributed by atoms with Gasteiger partial charge in [-0.2, -0.15) is 0 Å². The van der Waals surface area contributed by atoms with Crippen molar-refractivity contribution in [1.29, 1.82) is 0 Å². The number of Topliss-reactive ketones (excluding diaryl/α,β-unsaturated/α-hetero) is 1. The zero-order chi connectivity index (χ0) is 11.7. The van der Waals surface area contributed by atoms with Crippen LogP contribution in [0.25, 0.3) is 0 Å². The Kier molecular flexibility index (Phi) is 2.92. The molecule has 0 aromatic carbocycles. The van der Waals surface area contributed by atoms with Gasteiger partial charge >= 0.3 is 0 Å². The molecule has 0 radical (unpaired) electrons. The Bertz CT molecular complexity index is 511. The summed E-state index contributed by atoms with van der Waals surface area (Å²) < 4.78 is 2.04. The van der Waals surface area contributed by atoms with Gasteiger partial charge in [0.1, 0.15) is 17.8 Å². The van der Waals surface area contributed by atoms with E-state index in [9.17, 15) is 4.79 Å². The number of aromatic nitrogens is 2. The summed E-state index contributed by atoms with van der Waals surface area (Å²) >= 11 is 1.49. The van der Waals surface area contributed by atoms with Gasteiger partial charge in [0.15, 0.2) is 5.78 Å². The minimum Gasteiger partial charge on any atom is -0.293 e. The summed E-state index contributed by atoms with van der Waals surface area (Å²) in [6, 6.07) is 3.78. The molecule has 0 aliphatic rings. The van der Waals surface area contributed by atoms with Gasteiger partial charge in [-0.15, -0.1) is 11.3 Å². The Hall–Kier alpha value is -1.42. The highest BCUT2D eigenvalue weighted by Crippen LogP contribution is 2.11. The van der Waals surface area contributed by atoms with E-state index in [1.807, 2.05) is 43.0 Å². The third-order valence-corrected chi connectivity index (χ3v) is 3.82. The zero-order valence-corrected chi connectivity index (χ0v) is 10.5. The number of hydrogen-bond donors (Lipinski definition) is 1. The second kappa shape index (κ2) is 4.22. The number of carbonyl (C=O) groups excluding carboxylic acids is 1. The van der Waals surface area contributed by atoms with Crippen LogP contribution in [0, 0.1) is 13.8 Å². The van der Waals surface area contributed by atoms with Crippen LogP contribution in [0.2, 0.25) is 0 Å².